The maximum absolute atomic E-state index is 8.09. The Balaban J connectivity index is -0.000000180. The van der Waals surface area contributed by atoms with Crippen LogP contribution in [0.15, 0.2) is 0 Å². The Morgan fingerprint density at radius 1 is 0.889 bits per heavy atom. The molecule has 0 rings (SSSR count). The molecule has 0 unspecified atom stereocenters. The van der Waals surface area contributed by atoms with E-state index in [4.69, 9.17) is 10.2 Å². The van der Waals surface area contributed by atoms with Crippen molar-refractivity contribution in [1.82, 2.24) is 0 Å². The molecule has 60 valence electrons. The van der Waals surface area contributed by atoms with E-state index in [-0.39, 0.29) is 38.0 Å². The molecule has 0 amide bonds. The highest BCUT2D eigenvalue weighted by molar-refractivity contribution is 5.85. The fourth-order valence-electron chi connectivity index (χ4n) is 0.231. The molecule has 0 heterocycles. The summed E-state index contributed by atoms with van der Waals surface area (Å²) < 4.78 is 4.63. The number of rotatable bonds is 4. The van der Waals surface area contributed by atoms with Gasteiger partial charge in [-0.15, -0.1) is 24.8 Å². The van der Waals surface area contributed by atoms with E-state index < -0.39 is 0 Å². The largest absolute Gasteiger partial charge is 0.394 e. The zero-order valence-corrected chi connectivity index (χ0v) is 6.58. The van der Waals surface area contributed by atoms with Gasteiger partial charge in [-0.25, -0.2) is 0 Å². The second-order valence-corrected chi connectivity index (χ2v) is 1.06. The average molecular weight is 179 g/mol. The van der Waals surface area contributed by atoms with Crippen LogP contribution in [0.1, 0.15) is 0 Å². The molecule has 0 aliphatic heterocycles. The second-order valence-electron chi connectivity index (χ2n) is 1.06. The summed E-state index contributed by atoms with van der Waals surface area (Å²) in [6.07, 6.45) is 0. The van der Waals surface area contributed by atoms with Crippen molar-refractivity contribution >= 4 is 24.8 Å². The van der Waals surface area contributed by atoms with Crippen LogP contribution >= 0.6 is 24.8 Å². The Morgan fingerprint density at radius 3 is 1.44 bits per heavy atom. The molecule has 3 nitrogen and oxygen atoms in total. The highest BCUT2D eigenvalue weighted by atomic mass is 35.5. The van der Waals surface area contributed by atoms with Gasteiger partial charge in [-0.1, -0.05) is 0 Å². The molecule has 0 aromatic heterocycles. The van der Waals surface area contributed by atoms with Gasteiger partial charge in [0.1, 0.15) is 0 Å². The molecule has 0 atom stereocenters. The van der Waals surface area contributed by atoms with Gasteiger partial charge in [0.2, 0.25) is 0 Å². The van der Waals surface area contributed by atoms with E-state index in [1.165, 1.54) is 0 Å². The van der Waals surface area contributed by atoms with Gasteiger partial charge in [0.05, 0.1) is 26.4 Å². The summed E-state index contributed by atoms with van der Waals surface area (Å²) in [5.74, 6) is 0. The third-order valence-corrected chi connectivity index (χ3v) is 0.471. The van der Waals surface area contributed by atoms with Crippen LogP contribution in [-0.4, -0.2) is 36.6 Å². The van der Waals surface area contributed by atoms with E-state index in [0.29, 0.717) is 13.2 Å². The first kappa shape index (κ1) is 16.2. The molecule has 9 heavy (non-hydrogen) atoms. The van der Waals surface area contributed by atoms with E-state index in [9.17, 15) is 0 Å². The lowest BCUT2D eigenvalue weighted by Gasteiger charge is -1.94. The fourth-order valence-corrected chi connectivity index (χ4v) is 0.231. The lowest BCUT2D eigenvalue weighted by Crippen LogP contribution is -2.03. The number of ether oxygens (including phenoxy) is 1. The molecule has 0 bridgehead atoms. The molecule has 2 N–H and O–H groups in total. The molecule has 0 saturated carbocycles. The molecule has 0 aliphatic carbocycles. The van der Waals surface area contributed by atoms with Crippen molar-refractivity contribution in [2.24, 2.45) is 0 Å². The zero-order chi connectivity index (χ0) is 5.54. The van der Waals surface area contributed by atoms with Crippen molar-refractivity contribution in [3.05, 3.63) is 0 Å². The highest BCUT2D eigenvalue weighted by Crippen LogP contribution is 1.68. The van der Waals surface area contributed by atoms with Crippen LogP contribution in [0.25, 0.3) is 0 Å². The topological polar surface area (TPSA) is 49.7 Å². The summed E-state index contributed by atoms with van der Waals surface area (Å²) in [5, 5.41) is 16.2. The van der Waals surface area contributed by atoms with Gasteiger partial charge >= 0.3 is 0 Å². The van der Waals surface area contributed by atoms with E-state index >= 15 is 0 Å². The molecule has 0 aromatic rings. The first-order valence-electron chi connectivity index (χ1n) is 2.21. The molecule has 5 heteroatoms. The Bertz CT molecular complexity index is 33.0. The van der Waals surface area contributed by atoms with Crippen LogP contribution in [0.4, 0.5) is 0 Å². The van der Waals surface area contributed by atoms with E-state index in [1.54, 1.807) is 0 Å². The first-order chi connectivity index (χ1) is 3.41. The molecule has 0 aromatic carbocycles. The van der Waals surface area contributed by atoms with Crippen LogP contribution in [0.5, 0.6) is 0 Å². The van der Waals surface area contributed by atoms with Gasteiger partial charge < -0.3 is 14.9 Å². The van der Waals surface area contributed by atoms with Crippen molar-refractivity contribution in [2.45, 2.75) is 0 Å². The van der Waals surface area contributed by atoms with Crippen LogP contribution in [0.2, 0.25) is 0 Å². The third-order valence-electron chi connectivity index (χ3n) is 0.471. The summed E-state index contributed by atoms with van der Waals surface area (Å²) in [6.45, 7) is 0.696. The van der Waals surface area contributed by atoms with Crippen molar-refractivity contribution in [3.63, 3.8) is 0 Å². The summed E-state index contributed by atoms with van der Waals surface area (Å²) in [6, 6.07) is 0. The fraction of sp³-hybridized carbons (Fsp3) is 1.00. The minimum atomic E-state index is 0. The van der Waals surface area contributed by atoms with E-state index in [2.05, 4.69) is 4.74 Å². The lowest BCUT2D eigenvalue weighted by atomic mass is 10.7. The average Bonchev–Trinajstić information content (AvgIpc) is 1.69. The number of hydrogen-bond acceptors (Lipinski definition) is 3. The number of aliphatic hydroxyl groups excluding tert-OH is 2. The van der Waals surface area contributed by atoms with Crippen molar-refractivity contribution < 1.29 is 14.9 Å². The predicted molar refractivity (Wildman–Crippen MR) is 39.5 cm³/mol. The maximum atomic E-state index is 8.09. The predicted octanol–water partition coefficient (Wildman–Crippen LogP) is -0.169. The Hall–Kier alpha value is 0.460. The van der Waals surface area contributed by atoms with Gasteiger partial charge in [-0.05, 0) is 0 Å². The summed E-state index contributed by atoms with van der Waals surface area (Å²) in [7, 11) is 0. The van der Waals surface area contributed by atoms with Gasteiger partial charge in [0.15, 0.2) is 0 Å². The minimum absolute atomic E-state index is 0. The molecule has 0 aliphatic rings. The Morgan fingerprint density at radius 2 is 1.22 bits per heavy atom. The van der Waals surface area contributed by atoms with Crippen molar-refractivity contribution in [1.29, 1.82) is 0 Å². The number of hydrogen-bond donors (Lipinski definition) is 2. The SMILES string of the molecule is Cl.Cl.OCCOCCO. The van der Waals surface area contributed by atoms with Crippen molar-refractivity contribution in [3.8, 4) is 0 Å². The van der Waals surface area contributed by atoms with Crippen LogP contribution < -0.4 is 0 Å². The molecule has 0 fully saturated rings. The molecular weight excluding hydrogens is 167 g/mol. The lowest BCUT2D eigenvalue weighted by molar-refractivity contribution is 0.0650. The Kier molecular flexibility index (Phi) is 28.5. The normalized spacial score (nSPS) is 7.33. The zero-order valence-electron chi connectivity index (χ0n) is 4.95. The quantitative estimate of drug-likeness (QED) is 0.589. The molecule has 0 saturated heterocycles. The smallest absolute Gasteiger partial charge is 0.0698 e. The van der Waals surface area contributed by atoms with Gasteiger partial charge in [-0.3, -0.25) is 0 Å². The summed E-state index contributed by atoms with van der Waals surface area (Å²) in [4.78, 5) is 0. The molecule has 0 spiro atoms. The second kappa shape index (κ2) is 15.8. The minimum Gasteiger partial charge on any atom is -0.394 e. The van der Waals surface area contributed by atoms with Crippen LogP contribution in [0, 0.1) is 0 Å². The standard InChI is InChI=1S/C4H10O3.2ClH/c5-1-3-7-4-2-6;;/h5-6H,1-4H2;2*1H. The van der Waals surface area contributed by atoms with Crippen molar-refractivity contribution in [2.75, 3.05) is 26.4 Å². The highest BCUT2D eigenvalue weighted by Gasteiger charge is 1.79. The summed E-state index contributed by atoms with van der Waals surface area (Å²) in [5.41, 5.74) is 0. The van der Waals surface area contributed by atoms with Gasteiger partial charge in [-0.2, -0.15) is 0 Å². The summed E-state index contributed by atoms with van der Waals surface area (Å²) >= 11 is 0. The molecule has 0 radical (unpaired) electrons. The van der Waals surface area contributed by atoms with Crippen LogP contribution in [0.3, 0.4) is 0 Å². The first-order valence-corrected chi connectivity index (χ1v) is 2.21. The number of aliphatic hydroxyl groups is 2. The van der Waals surface area contributed by atoms with Crippen LogP contribution in [-0.2, 0) is 4.74 Å². The van der Waals surface area contributed by atoms with Gasteiger partial charge in [0, 0.05) is 0 Å². The van der Waals surface area contributed by atoms with E-state index in [1.807, 2.05) is 0 Å². The monoisotopic (exact) mass is 178 g/mol. The van der Waals surface area contributed by atoms with E-state index in [0.717, 1.165) is 0 Å². The van der Waals surface area contributed by atoms with Gasteiger partial charge in [0.25, 0.3) is 0 Å². The Labute approximate surface area is 66.8 Å². The third kappa shape index (κ3) is 17.7. The maximum Gasteiger partial charge on any atom is 0.0698 e. The molecular formula is C4H12Cl2O3. The number of halogens is 2.